The van der Waals surface area contributed by atoms with Gasteiger partial charge in [0.15, 0.2) is 0 Å². The number of benzene rings is 1. The number of aromatic nitrogens is 1. The van der Waals surface area contributed by atoms with Gasteiger partial charge in [-0.1, -0.05) is 18.2 Å². The zero-order valence-electron chi connectivity index (χ0n) is 16.8. The van der Waals surface area contributed by atoms with E-state index in [9.17, 15) is 22.8 Å². The Kier molecular flexibility index (Phi) is 5.84. The van der Waals surface area contributed by atoms with E-state index in [0.29, 0.717) is 38.3 Å². The highest BCUT2D eigenvalue weighted by molar-refractivity contribution is 6.00. The van der Waals surface area contributed by atoms with Gasteiger partial charge in [0.25, 0.3) is 0 Å². The lowest BCUT2D eigenvalue weighted by Crippen LogP contribution is -2.47. The fraction of sp³-hybridized carbons (Fsp3) is 0.409. The van der Waals surface area contributed by atoms with Gasteiger partial charge in [0, 0.05) is 44.0 Å². The zero-order valence-corrected chi connectivity index (χ0v) is 16.8. The second-order valence-corrected chi connectivity index (χ2v) is 7.91. The minimum Gasteiger partial charge on any atom is -0.356 e. The largest absolute Gasteiger partial charge is 0.417 e. The average molecular weight is 432 g/mol. The summed E-state index contributed by atoms with van der Waals surface area (Å²) in [6.07, 6.45) is -2.04. The van der Waals surface area contributed by atoms with Crippen LogP contribution in [0.15, 0.2) is 48.7 Å². The van der Waals surface area contributed by atoms with E-state index >= 15 is 0 Å². The first-order valence-corrected chi connectivity index (χ1v) is 10.3. The van der Waals surface area contributed by atoms with Crippen LogP contribution in [0.5, 0.6) is 0 Å². The molecule has 9 heteroatoms. The molecule has 1 aromatic heterocycles. The van der Waals surface area contributed by atoms with Crippen LogP contribution >= 0.6 is 0 Å². The lowest BCUT2D eigenvalue weighted by atomic mass is 10.0. The molecule has 6 nitrogen and oxygen atoms in total. The maximum atomic E-state index is 12.7. The van der Waals surface area contributed by atoms with Crippen molar-refractivity contribution in [3.63, 3.8) is 0 Å². The zero-order chi connectivity index (χ0) is 22.0. The van der Waals surface area contributed by atoms with Crippen LogP contribution in [0.4, 0.5) is 24.7 Å². The molecule has 1 unspecified atom stereocenters. The third-order valence-electron chi connectivity index (χ3n) is 5.80. The molecule has 1 atom stereocenters. The van der Waals surface area contributed by atoms with Crippen LogP contribution in [-0.4, -0.2) is 42.5 Å². The maximum absolute atomic E-state index is 12.7. The highest BCUT2D eigenvalue weighted by atomic mass is 19.4. The van der Waals surface area contributed by atoms with Crippen molar-refractivity contribution in [3.05, 3.63) is 54.2 Å². The molecule has 0 bridgehead atoms. The number of nitrogens with zero attached hydrogens (tertiary/aromatic N) is 3. The summed E-state index contributed by atoms with van der Waals surface area (Å²) in [5, 5.41) is 3.04. The molecule has 31 heavy (non-hydrogen) atoms. The van der Waals surface area contributed by atoms with E-state index < -0.39 is 11.7 Å². The number of piperidine rings is 1. The molecule has 3 heterocycles. The number of anilines is 2. The Bertz CT molecular complexity index is 926. The summed E-state index contributed by atoms with van der Waals surface area (Å²) in [6, 6.07) is 11.7. The molecule has 2 aliphatic heterocycles. The third-order valence-corrected chi connectivity index (χ3v) is 5.80. The summed E-state index contributed by atoms with van der Waals surface area (Å²) in [5.41, 5.74) is 0.0224. The predicted molar refractivity (Wildman–Crippen MR) is 110 cm³/mol. The normalized spacial score (nSPS) is 20.2. The Balaban J connectivity index is 1.28. The van der Waals surface area contributed by atoms with Gasteiger partial charge in [-0.2, -0.15) is 13.2 Å². The van der Waals surface area contributed by atoms with Crippen molar-refractivity contribution in [1.29, 1.82) is 0 Å². The summed E-state index contributed by atoms with van der Waals surface area (Å²) < 4.78 is 38.1. The van der Waals surface area contributed by atoms with Gasteiger partial charge in [-0.3, -0.25) is 9.59 Å². The predicted octanol–water partition coefficient (Wildman–Crippen LogP) is 3.24. The molecule has 0 radical (unpaired) electrons. The highest BCUT2D eigenvalue weighted by Gasteiger charge is 2.36. The second-order valence-electron chi connectivity index (χ2n) is 7.91. The Morgan fingerprint density at radius 2 is 1.77 bits per heavy atom. The smallest absolute Gasteiger partial charge is 0.356 e. The van der Waals surface area contributed by atoms with E-state index in [-0.39, 0.29) is 30.2 Å². The Hall–Kier alpha value is -3.10. The van der Waals surface area contributed by atoms with Gasteiger partial charge >= 0.3 is 6.18 Å². The number of rotatable bonds is 4. The van der Waals surface area contributed by atoms with Crippen molar-refractivity contribution in [2.45, 2.75) is 31.5 Å². The van der Waals surface area contributed by atoms with Gasteiger partial charge in [0.05, 0.1) is 11.5 Å². The van der Waals surface area contributed by atoms with Crippen LogP contribution in [0.3, 0.4) is 0 Å². The fourth-order valence-corrected chi connectivity index (χ4v) is 4.05. The molecule has 2 aromatic rings. The summed E-state index contributed by atoms with van der Waals surface area (Å²) in [7, 11) is 0. The van der Waals surface area contributed by atoms with Gasteiger partial charge in [0.1, 0.15) is 5.82 Å². The Morgan fingerprint density at radius 1 is 1.06 bits per heavy atom. The molecule has 2 fully saturated rings. The summed E-state index contributed by atoms with van der Waals surface area (Å²) in [6.45, 7) is 1.54. The van der Waals surface area contributed by atoms with Crippen LogP contribution in [0.2, 0.25) is 0 Å². The highest BCUT2D eigenvalue weighted by Crippen LogP contribution is 2.30. The van der Waals surface area contributed by atoms with E-state index in [4.69, 9.17) is 0 Å². The van der Waals surface area contributed by atoms with E-state index in [0.717, 1.165) is 18.0 Å². The standard InChI is InChI=1S/C22H23F3N4O2/c23-22(24,25)16-6-7-19(26-13-16)28-10-8-17(9-11-28)27-21(31)15-12-20(30)29(14-15)18-4-2-1-3-5-18/h1-7,13,15,17H,8-12,14H2,(H,27,31). The number of pyridine rings is 1. The van der Waals surface area contributed by atoms with E-state index in [1.165, 1.54) is 6.07 Å². The Morgan fingerprint density at radius 3 is 2.39 bits per heavy atom. The first-order chi connectivity index (χ1) is 14.8. The van der Waals surface area contributed by atoms with Gasteiger partial charge in [0.2, 0.25) is 11.8 Å². The SMILES string of the molecule is O=C(NC1CCN(c2ccc(C(F)(F)F)cn2)CC1)C1CC(=O)N(c2ccccc2)C1. The number of carbonyl (C=O) groups is 2. The molecule has 164 valence electrons. The first kappa shape index (κ1) is 21.1. The van der Waals surface area contributed by atoms with Crippen molar-refractivity contribution in [3.8, 4) is 0 Å². The first-order valence-electron chi connectivity index (χ1n) is 10.3. The van der Waals surface area contributed by atoms with Gasteiger partial charge in [-0.05, 0) is 37.1 Å². The fourth-order valence-electron chi connectivity index (χ4n) is 4.05. The number of amides is 2. The number of para-hydroxylation sites is 1. The molecule has 0 aliphatic carbocycles. The van der Waals surface area contributed by atoms with E-state index in [1.807, 2.05) is 35.2 Å². The third kappa shape index (κ3) is 4.81. The molecule has 1 N–H and O–H groups in total. The van der Waals surface area contributed by atoms with Crippen LogP contribution in [0, 0.1) is 5.92 Å². The molecule has 0 saturated carbocycles. The summed E-state index contributed by atoms with van der Waals surface area (Å²) in [4.78, 5) is 32.5. The van der Waals surface area contributed by atoms with Crippen molar-refractivity contribution >= 4 is 23.3 Å². The van der Waals surface area contributed by atoms with Crippen LogP contribution in [0.1, 0.15) is 24.8 Å². The van der Waals surface area contributed by atoms with Gasteiger partial charge < -0.3 is 15.1 Å². The second kappa shape index (κ2) is 8.56. The quantitative estimate of drug-likeness (QED) is 0.806. The van der Waals surface area contributed by atoms with E-state index in [2.05, 4.69) is 10.3 Å². The number of carbonyl (C=O) groups excluding carboxylic acids is 2. The lowest BCUT2D eigenvalue weighted by molar-refractivity contribution is -0.137. The maximum Gasteiger partial charge on any atom is 0.417 e. The van der Waals surface area contributed by atoms with Crippen molar-refractivity contribution in [1.82, 2.24) is 10.3 Å². The topological polar surface area (TPSA) is 65.5 Å². The van der Waals surface area contributed by atoms with Crippen LogP contribution in [-0.2, 0) is 15.8 Å². The average Bonchev–Trinajstić information content (AvgIpc) is 3.16. The van der Waals surface area contributed by atoms with Crippen molar-refractivity contribution in [2.24, 2.45) is 5.92 Å². The lowest BCUT2D eigenvalue weighted by Gasteiger charge is -2.33. The molecular weight excluding hydrogens is 409 g/mol. The minimum absolute atomic E-state index is 0.0286. The van der Waals surface area contributed by atoms with Crippen LogP contribution < -0.4 is 15.1 Å². The molecule has 2 aliphatic rings. The van der Waals surface area contributed by atoms with Crippen molar-refractivity contribution in [2.75, 3.05) is 29.4 Å². The molecule has 2 saturated heterocycles. The Labute approximate surface area is 178 Å². The number of nitrogens with one attached hydrogen (secondary N) is 1. The number of hydrogen-bond acceptors (Lipinski definition) is 4. The number of hydrogen-bond donors (Lipinski definition) is 1. The molecule has 0 spiro atoms. The van der Waals surface area contributed by atoms with Gasteiger partial charge in [-0.25, -0.2) is 4.98 Å². The minimum atomic E-state index is -4.40. The van der Waals surface area contributed by atoms with Crippen LogP contribution in [0.25, 0.3) is 0 Å². The van der Waals surface area contributed by atoms with E-state index in [1.54, 1.807) is 4.90 Å². The molecule has 4 rings (SSSR count). The molecule has 1 aromatic carbocycles. The molecule has 2 amide bonds. The summed E-state index contributed by atoms with van der Waals surface area (Å²) in [5.74, 6) is -0.0765. The number of alkyl halides is 3. The summed E-state index contributed by atoms with van der Waals surface area (Å²) >= 11 is 0. The van der Waals surface area contributed by atoms with Gasteiger partial charge in [-0.15, -0.1) is 0 Å². The monoisotopic (exact) mass is 432 g/mol. The van der Waals surface area contributed by atoms with Crippen molar-refractivity contribution < 1.29 is 22.8 Å². The number of halogens is 3. The molecular formula is C22H23F3N4O2.